The number of benzene rings is 1. The van der Waals surface area contributed by atoms with Gasteiger partial charge in [-0.3, -0.25) is 0 Å². The average Bonchev–Trinajstić information content (AvgIpc) is 2.81. The minimum Gasteiger partial charge on any atom is -0.486 e. The summed E-state index contributed by atoms with van der Waals surface area (Å²) in [5.74, 6) is 1.51. The van der Waals surface area contributed by atoms with E-state index in [9.17, 15) is 0 Å². The van der Waals surface area contributed by atoms with Gasteiger partial charge in [0.2, 0.25) is 0 Å². The molecule has 3 rings (SSSR count). The third-order valence-corrected chi connectivity index (χ3v) is 2.75. The van der Waals surface area contributed by atoms with Crippen molar-refractivity contribution in [3.05, 3.63) is 53.4 Å². The van der Waals surface area contributed by atoms with Gasteiger partial charge in [0.25, 0.3) is 0 Å². The summed E-state index contributed by atoms with van der Waals surface area (Å²) in [6.45, 7) is 0.373. The summed E-state index contributed by atoms with van der Waals surface area (Å²) in [6.07, 6.45) is 1.72. The Kier molecular flexibility index (Phi) is 2.86. The van der Waals surface area contributed by atoms with Crippen molar-refractivity contribution in [2.45, 2.75) is 6.61 Å². The molecule has 0 fully saturated rings. The maximum Gasteiger partial charge on any atom is 0.177 e. The molecule has 2 heterocycles. The molecule has 0 saturated heterocycles. The zero-order valence-electron chi connectivity index (χ0n) is 9.43. The molecule has 1 N–H and O–H groups in total. The van der Waals surface area contributed by atoms with Crippen molar-refractivity contribution < 1.29 is 4.74 Å². The number of halogens is 1. The molecule has 0 aliphatic carbocycles. The van der Waals surface area contributed by atoms with Crippen molar-refractivity contribution in [2.75, 3.05) is 0 Å². The number of aromatic nitrogens is 3. The number of nitrogens with zero attached hydrogens (tertiary/aromatic N) is 2. The first kappa shape index (κ1) is 11.0. The number of H-pyrrole nitrogens is 1. The lowest BCUT2D eigenvalue weighted by Crippen LogP contribution is -1.97. The van der Waals surface area contributed by atoms with Crippen molar-refractivity contribution in [3.63, 3.8) is 0 Å². The lowest BCUT2D eigenvalue weighted by Gasteiger charge is -2.03. The first-order valence-corrected chi connectivity index (χ1v) is 5.87. The van der Waals surface area contributed by atoms with Crippen molar-refractivity contribution in [2.24, 2.45) is 0 Å². The fourth-order valence-corrected chi connectivity index (χ4v) is 1.77. The van der Waals surface area contributed by atoms with Gasteiger partial charge in [0, 0.05) is 11.2 Å². The smallest absolute Gasteiger partial charge is 0.177 e. The second-order valence-corrected chi connectivity index (χ2v) is 4.24. The molecule has 0 atom stereocenters. The van der Waals surface area contributed by atoms with Crippen molar-refractivity contribution in [3.8, 4) is 5.75 Å². The molecule has 0 saturated carbocycles. The molecule has 0 amide bonds. The molecule has 0 bridgehead atoms. The third-order valence-electron chi connectivity index (χ3n) is 2.50. The Morgan fingerprint density at radius 2 is 2.00 bits per heavy atom. The van der Waals surface area contributed by atoms with E-state index >= 15 is 0 Å². The predicted molar refractivity (Wildman–Crippen MR) is 69.7 cm³/mol. The Balaban J connectivity index is 1.74. The quantitative estimate of drug-likeness (QED) is 0.786. The molecule has 3 aromatic rings. The Labute approximate surface area is 109 Å². The molecular formula is C13H10ClN3O. The minimum absolute atomic E-state index is 0.373. The van der Waals surface area contributed by atoms with E-state index in [1.54, 1.807) is 18.3 Å². The monoisotopic (exact) mass is 259 g/mol. The Hall–Kier alpha value is -2.07. The van der Waals surface area contributed by atoms with Gasteiger partial charge in [-0.2, -0.15) is 0 Å². The zero-order chi connectivity index (χ0) is 12.4. The highest BCUT2D eigenvalue weighted by Crippen LogP contribution is 2.17. The number of rotatable bonds is 3. The number of pyridine rings is 1. The van der Waals surface area contributed by atoms with Crippen LogP contribution in [0, 0.1) is 0 Å². The lowest BCUT2D eigenvalue weighted by atomic mass is 10.3. The Morgan fingerprint density at radius 1 is 1.17 bits per heavy atom. The van der Waals surface area contributed by atoms with Crippen LogP contribution in [0.2, 0.25) is 5.02 Å². The molecule has 0 radical (unpaired) electrons. The molecule has 0 aliphatic heterocycles. The number of aromatic amines is 1. The summed E-state index contributed by atoms with van der Waals surface area (Å²) in [5.41, 5.74) is 1.61. The van der Waals surface area contributed by atoms with Gasteiger partial charge in [-0.1, -0.05) is 11.6 Å². The van der Waals surface area contributed by atoms with Crippen molar-refractivity contribution in [1.82, 2.24) is 15.0 Å². The second kappa shape index (κ2) is 4.66. The van der Waals surface area contributed by atoms with Crippen LogP contribution in [0.15, 0.2) is 42.6 Å². The molecular weight excluding hydrogens is 250 g/mol. The summed E-state index contributed by atoms with van der Waals surface area (Å²) < 4.78 is 5.60. The van der Waals surface area contributed by atoms with E-state index in [4.69, 9.17) is 16.3 Å². The summed E-state index contributed by atoms with van der Waals surface area (Å²) in [5, 5.41) is 0.690. The van der Waals surface area contributed by atoms with Gasteiger partial charge in [-0.05, 0) is 36.4 Å². The van der Waals surface area contributed by atoms with Crippen LogP contribution in [0.5, 0.6) is 5.75 Å². The van der Waals surface area contributed by atoms with Crippen molar-refractivity contribution >= 4 is 22.8 Å². The number of fused-ring (bicyclic) bond motifs is 1. The molecule has 90 valence electrons. The molecule has 5 heteroatoms. The molecule has 18 heavy (non-hydrogen) atoms. The first-order valence-electron chi connectivity index (χ1n) is 5.49. The van der Waals surface area contributed by atoms with E-state index in [-0.39, 0.29) is 0 Å². The number of imidazole rings is 1. The topological polar surface area (TPSA) is 50.8 Å². The predicted octanol–water partition coefficient (Wildman–Crippen LogP) is 3.19. The lowest BCUT2D eigenvalue weighted by molar-refractivity contribution is 0.297. The van der Waals surface area contributed by atoms with Crippen molar-refractivity contribution in [1.29, 1.82) is 0 Å². The van der Waals surface area contributed by atoms with Crippen LogP contribution in [0.25, 0.3) is 11.2 Å². The highest BCUT2D eigenvalue weighted by molar-refractivity contribution is 6.30. The summed E-state index contributed by atoms with van der Waals surface area (Å²) >= 11 is 5.80. The minimum atomic E-state index is 0.373. The molecule has 0 unspecified atom stereocenters. The van der Waals surface area contributed by atoms with Crippen LogP contribution in [0.4, 0.5) is 0 Å². The van der Waals surface area contributed by atoms with Crippen LogP contribution in [0.3, 0.4) is 0 Å². The van der Waals surface area contributed by atoms with E-state index in [2.05, 4.69) is 15.0 Å². The van der Waals surface area contributed by atoms with Crippen LogP contribution in [-0.2, 0) is 6.61 Å². The zero-order valence-corrected chi connectivity index (χ0v) is 10.2. The number of nitrogens with one attached hydrogen (secondary N) is 1. The molecule has 0 aliphatic rings. The first-order chi connectivity index (χ1) is 8.81. The van der Waals surface area contributed by atoms with E-state index in [1.807, 2.05) is 24.3 Å². The van der Waals surface area contributed by atoms with Gasteiger partial charge in [0.1, 0.15) is 18.2 Å². The maximum atomic E-state index is 5.80. The fraction of sp³-hybridized carbons (Fsp3) is 0.0769. The molecule has 1 aromatic carbocycles. The number of hydrogen-bond acceptors (Lipinski definition) is 3. The van der Waals surface area contributed by atoms with Crippen LogP contribution in [-0.4, -0.2) is 15.0 Å². The molecule has 0 spiro atoms. The summed E-state index contributed by atoms with van der Waals surface area (Å²) in [4.78, 5) is 11.6. The molecule has 4 nitrogen and oxygen atoms in total. The third kappa shape index (κ3) is 2.28. The van der Waals surface area contributed by atoms with Gasteiger partial charge in [0.05, 0.1) is 5.52 Å². The Bertz CT molecular complexity index is 630. The highest BCUT2D eigenvalue weighted by Gasteiger charge is 2.03. The van der Waals surface area contributed by atoms with E-state index < -0.39 is 0 Å². The van der Waals surface area contributed by atoms with Gasteiger partial charge in [0.15, 0.2) is 5.65 Å². The largest absolute Gasteiger partial charge is 0.486 e. The Morgan fingerprint density at radius 3 is 2.78 bits per heavy atom. The molecule has 2 aromatic heterocycles. The van der Waals surface area contributed by atoms with Crippen LogP contribution in [0.1, 0.15) is 5.82 Å². The summed E-state index contributed by atoms with van der Waals surface area (Å²) in [6, 6.07) is 11.0. The van der Waals surface area contributed by atoms with E-state index in [1.165, 1.54) is 0 Å². The fourth-order valence-electron chi connectivity index (χ4n) is 1.65. The number of ether oxygens (including phenoxy) is 1. The average molecular weight is 260 g/mol. The SMILES string of the molecule is Clc1ccc(OCc2nc3ncccc3[nH]2)cc1. The van der Waals surface area contributed by atoms with E-state index in [0.29, 0.717) is 17.3 Å². The normalized spacial score (nSPS) is 10.7. The van der Waals surface area contributed by atoms with Crippen LogP contribution >= 0.6 is 11.6 Å². The second-order valence-electron chi connectivity index (χ2n) is 3.80. The van der Waals surface area contributed by atoms with Gasteiger partial charge in [-0.15, -0.1) is 0 Å². The van der Waals surface area contributed by atoms with E-state index in [0.717, 1.165) is 17.1 Å². The maximum absolute atomic E-state index is 5.80. The van der Waals surface area contributed by atoms with Crippen LogP contribution < -0.4 is 4.74 Å². The number of hydrogen-bond donors (Lipinski definition) is 1. The van der Waals surface area contributed by atoms with Gasteiger partial charge < -0.3 is 9.72 Å². The standard InChI is InChI=1S/C13H10ClN3O/c14-9-3-5-10(6-4-9)18-8-12-16-11-2-1-7-15-13(11)17-12/h1-7H,8H2,(H,15,16,17). The highest BCUT2D eigenvalue weighted by atomic mass is 35.5. The summed E-state index contributed by atoms with van der Waals surface area (Å²) in [7, 11) is 0. The van der Waals surface area contributed by atoms with Gasteiger partial charge in [-0.25, -0.2) is 9.97 Å². The van der Waals surface area contributed by atoms with Gasteiger partial charge >= 0.3 is 0 Å².